The van der Waals surface area contributed by atoms with Gasteiger partial charge in [-0.05, 0) is 53.2 Å². The summed E-state index contributed by atoms with van der Waals surface area (Å²) in [6.07, 6.45) is 16.0. The average molecular weight is 824 g/mol. The topological polar surface area (TPSA) is 3.24 Å². The summed E-state index contributed by atoms with van der Waals surface area (Å²) in [6.45, 7) is 19.1. The summed E-state index contributed by atoms with van der Waals surface area (Å²) in [7, 11) is -2.51. The van der Waals surface area contributed by atoms with Crippen LogP contribution in [0.1, 0.15) is 130 Å². The van der Waals surface area contributed by atoms with Gasteiger partial charge in [0.25, 0.3) is 0 Å². The molecule has 0 aliphatic heterocycles. The molecule has 56 heavy (non-hydrogen) atoms. The normalized spacial score (nSPS) is 12.4. The molecular weight excluding hydrogens is 745 g/mol. The van der Waals surface area contributed by atoms with Crippen molar-refractivity contribution in [2.75, 3.05) is 7.05 Å². The Balaban J connectivity index is 2.04. The van der Waals surface area contributed by atoms with Crippen molar-refractivity contribution in [1.82, 2.24) is 4.44 Å². The SMILES string of the molecule is CCCC[Si](CCCC)(CCCC)c1cccc(P(c2cccc([Si](CCCC)(CCCC)CCCC)c2)N(C)P(c2ccccc2C)c2ccccc2C)c1. The lowest BCUT2D eigenvalue weighted by Crippen LogP contribution is -2.49. The minimum Gasteiger partial charge on any atom is -0.248 e. The highest BCUT2D eigenvalue weighted by molar-refractivity contribution is 7.84. The summed E-state index contributed by atoms with van der Waals surface area (Å²) in [6, 6.07) is 48.0. The molecule has 0 aliphatic carbocycles. The first-order valence-electron chi connectivity index (χ1n) is 22.9. The van der Waals surface area contributed by atoms with E-state index in [1.807, 2.05) is 0 Å². The zero-order valence-electron chi connectivity index (χ0n) is 37.3. The molecule has 0 unspecified atom stereocenters. The molecule has 4 aromatic carbocycles. The second kappa shape index (κ2) is 24.3. The third-order valence-electron chi connectivity index (χ3n) is 12.7. The van der Waals surface area contributed by atoms with Crippen molar-refractivity contribution in [3.05, 3.63) is 108 Å². The van der Waals surface area contributed by atoms with E-state index in [0.29, 0.717) is 0 Å². The van der Waals surface area contributed by atoms with E-state index in [9.17, 15) is 0 Å². The van der Waals surface area contributed by atoms with Crippen molar-refractivity contribution in [3.8, 4) is 0 Å². The van der Waals surface area contributed by atoms with Gasteiger partial charge in [0.05, 0.1) is 16.1 Å². The van der Waals surface area contributed by atoms with Gasteiger partial charge in [0, 0.05) is 16.1 Å². The van der Waals surface area contributed by atoms with Crippen LogP contribution in [0.15, 0.2) is 97.1 Å². The van der Waals surface area contributed by atoms with E-state index in [1.54, 1.807) is 21.0 Å². The van der Waals surface area contributed by atoms with Crippen molar-refractivity contribution in [2.24, 2.45) is 0 Å². The Morgan fingerprint density at radius 1 is 0.411 bits per heavy atom. The van der Waals surface area contributed by atoms with Crippen LogP contribution in [0.3, 0.4) is 0 Å². The number of hydrogen-bond donors (Lipinski definition) is 0. The Labute approximate surface area is 350 Å². The van der Waals surface area contributed by atoms with Gasteiger partial charge in [-0.2, -0.15) is 0 Å². The van der Waals surface area contributed by atoms with Crippen LogP contribution < -0.4 is 31.6 Å². The minimum absolute atomic E-state index is 0.787. The monoisotopic (exact) mass is 824 g/mol. The van der Waals surface area contributed by atoms with E-state index in [-0.39, 0.29) is 0 Å². The molecule has 4 aromatic rings. The van der Waals surface area contributed by atoms with Crippen LogP contribution in [-0.4, -0.2) is 27.6 Å². The smallest absolute Gasteiger partial charge is 0.0867 e. The zero-order chi connectivity index (χ0) is 40.4. The Bertz CT molecular complexity index is 1560. The van der Waals surface area contributed by atoms with Gasteiger partial charge in [-0.25, -0.2) is 4.44 Å². The second-order valence-electron chi connectivity index (χ2n) is 17.0. The van der Waals surface area contributed by atoms with E-state index >= 15 is 0 Å². The highest BCUT2D eigenvalue weighted by atomic mass is 31.2. The van der Waals surface area contributed by atoms with Gasteiger partial charge in [0.15, 0.2) is 0 Å². The first-order valence-corrected chi connectivity index (χ1v) is 30.7. The van der Waals surface area contributed by atoms with Gasteiger partial charge in [-0.1, -0.05) is 262 Å². The lowest BCUT2D eigenvalue weighted by molar-refractivity contribution is 0.800. The standard InChI is InChI=1S/C51H79NP2Si2/c1-10-16-36-55(37-17-11-2,38-18-12-3)48-32-26-30-46(42-48)53(52(9)54(50-34-24-22-28-44(50)7)51-35-25-23-29-45(51)8)47-31-27-33-49(43-47)56(39-19-13-4,40-20-14-5)41-21-15-6/h22-35,42-43H,10-21,36-41H2,1-9H3. The Kier molecular flexibility index (Phi) is 20.3. The maximum absolute atomic E-state index is 2.90. The third kappa shape index (κ3) is 12.1. The number of hydrogen-bond acceptors (Lipinski definition) is 1. The van der Waals surface area contributed by atoms with Crippen molar-refractivity contribution in [1.29, 1.82) is 0 Å². The predicted octanol–water partition coefficient (Wildman–Crippen LogP) is 13.7. The summed E-state index contributed by atoms with van der Waals surface area (Å²) >= 11 is 0. The van der Waals surface area contributed by atoms with Gasteiger partial charge in [-0.3, -0.25) is 0 Å². The number of nitrogens with zero attached hydrogens (tertiary/aromatic N) is 1. The zero-order valence-corrected chi connectivity index (χ0v) is 41.1. The Hall–Kier alpha value is -1.87. The van der Waals surface area contributed by atoms with Crippen LogP contribution in [0.4, 0.5) is 0 Å². The van der Waals surface area contributed by atoms with E-state index in [1.165, 1.54) is 135 Å². The van der Waals surface area contributed by atoms with E-state index < -0.39 is 32.3 Å². The quantitative estimate of drug-likeness (QED) is 0.0450. The predicted molar refractivity (Wildman–Crippen MR) is 264 cm³/mol. The Morgan fingerprint density at radius 2 is 0.732 bits per heavy atom. The number of benzene rings is 4. The van der Waals surface area contributed by atoms with Crippen LogP contribution in [-0.2, 0) is 0 Å². The van der Waals surface area contributed by atoms with Crippen LogP contribution >= 0.6 is 16.1 Å². The molecule has 0 radical (unpaired) electrons. The molecular formula is C51H79NP2Si2. The largest absolute Gasteiger partial charge is 0.248 e. The van der Waals surface area contributed by atoms with Gasteiger partial charge in [0.1, 0.15) is 0 Å². The summed E-state index contributed by atoms with van der Waals surface area (Å²) < 4.78 is 2.90. The molecule has 0 N–H and O–H groups in total. The molecule has 0 aromatic heterocycles. The molecule has 0 saturated heterocycles. The van der Waals surface area contributed by atoms with E-state index in [4.69, 9.17) is 0 Å². The molecule has 0 aliphatic rings. The number of unbranched alkanes of at least 4 members (excludes halogenated alkanes) is 6. The van der Waals surface area contributed by atoms with Gasteiger partial charge in [-0.15, -0.1) is 0 Å². The molecule has 0 spiro atoms. The molecule has 0 fully saturated rings. The molecule has 0 bridgehead atoms. The highest BCUT2D eigenvalue weighted by Gasteiger charge is 2.37. The van der Waals surface area contributed by atoms with Gasteiger partial charge >= 0.3 is 0 Å². The molecule has 0 atom stereocenters. The molecule has 0 saturated carbocycles. The second-order valence-corrected chi connectivity index (χ2v) is 31.0. The molecule has 0 amide bonds. The molecule has 5 heteroatoms. The average Bonchev–Trinajstić information content (AvgIpc) is 3.22. The van der Waals surface area contributed by atoms with Gasteiger partial charge < -0.3 is 0 Å². The number of aryl methyl sites for hydroxylation is 2. The summed E-state index contributed by atoms with van der Waals surface area (Å²) in [5, 5.41) is 9.61. The van der Waals surface area contributed by atoms with Crippen molar-refractivity contribution in [2.45, 2.75) is 169 Å². The lowest BCUT2D eigenvalue weighted by atomic mass is 10.2. The highest BCUT2D eigenvalue weighted by Crippen LogP contribution is 2.54. The molecule has 306 valence electrons. The van der Waals surface area contributed by atoms with E-state index in [2.05, 4.69) is 164 Å². The lowest BCUT2D eigenvalue weighted by Gasteiger charge is -2.39. The first-order chi connectivity index (χ1) is 27.2. The first kappa shape index (κ1) is 46.8. The van der Waals surface area contributed by atoms with Crippen molar-refractivity contribution in [3.63, 3.8) is 0 Å². The summed E-state index contributed by atoms with van der Waals surface area (Å²) in [5.41, 5.74) is 2.81. The fraction of sp³-hybridized carbons (Fsp3) is 0.529. The van der Waals surface area contributed by atoms with Crippen LogP contribution in [0.5, 0.6) is 0 Å². The van der Waals surface area contributed by atoms with Crippen molar-refractivity contribution < 1.29 is 0 Å². The maximum atomic E-state index is 2.90. The fourth-order valence-corrected chi connectivity index (χ4v) is 26.8. The van der Waals surface area contributed by atoms with Crippen LogP contribution in [0, 0.1) is 13.8 Å². The van der Waals surface area contributed by atoms with Crippen molar-refractivity contribution >= 4 is 63.9 Å². The summed E-state index contributed by atoms with van der Waals surface area (Å²) in [4.78, 5) is 0. The van der Waals surface area contributed by atoms with Crippen LogP contribution in [0.25, 0.3) is 0 Å². The molecule has 0 heterocycles. The molecule has 1 nitrogen and oxygen atoms in total. The fourth-order valence-electron chi connectivity index (χ4n) is 9.26. The minimum atomic E-state index is -1.70. The summed E-state index contributed by atoms with van der Waals surface area (Å²) in [5.74, 6) is 0. The number of rotatable bonds is 26. The van der Waals surface area contributed by atoms with Crippen LogP contribution in [0.2, 0.25) is 36.3 Å². The third-order valence-corrected chi connectivity index (χ3v) is 29.3. The molecule has 4 rings (SSSR count). The Morgan fingerprint density at radius 3 is 1.04 bits per heavy atom. The van der Waals surface area contributed by atoms with E-state index in [0.717, 1.165) is 0 Å². The van der Waals surface area contributed by atoms with Gasteiger partial charge in [0.2, 0.25) is 0 Å². The maximum Gasteiger partial charge on any atom is 0.0867 e.